The van der Waals surface area contributed by atoms with Gasteiger partial charge in [-0.15, -0.1) is 0 Å². The fraction of sp³-hybridized carbons (Fsp3) is 0.375. The quantitative estimate of drug-likeness (QED) is 0.158. The van der Waals surface area contributed by atoms with Crippen LogP contribution in [0.1, 0.15) is 60.1 Å². The average Bonchev–Trinajstić information content (AvgIpc) is 3.28. The maximum Gasteiger partial charge on any atom is 0.416 e. The Labute approximate surface area is 272 Å². The van der Waals surface area contributed by atoms with E-state index in [0.717, 1.165) is 30.2 Å². The van der Waals surface area contributed by atoms with Crippen molar-refractivity contribution in [2.45, 2.75) is 63.4 Å². The molecule has 3 aromatic rings. The van der Waals surface area contributed by atoms with Gasteiger partial charge in [0.25, 0.3) is 0 Å². The largest absolute Gasteiger partial charge is 0.496 e. The first-order chi connectivity index (χ1) is 22.7. The number of amides is 1. The van der Waals surface area contributed by atoms with Crippen molar-refractivity contribution in [3.8, 4) is 22.6 Å². The lowest BCUT2D eigenvalue weighted by Gasteiger charge is -2.24. The van der Waals surface area contributed by atoms with Crippen LogP contribution in [0.15, 0.2) is 48.5 Å². The van der Waals surface area contributed by atoms with Crippen molar-refractivity contribution >= 4 is 12.1 Å². The number of hydrogen-bond donors (Lipinski definition) is 1. The van der Waals surface area contributed by atoms with E-state index in [0.29, 0.717) is 24.3 Å². The predicted octanol–water partition coefficient (Wildman–Crippen LogP) is 9.27. The van der Waals surface area contributed by atoms with Crippen molar-refractivity contribution in [2.24, 2.45) is 0 Å². The van der Waals surface area contributed by atoms with Crippen LogP contribution >= 0.6 is 0 Å². The van der Waals surface area contributed by atoms with E-state index in [4.69, 9.17) is 19.3 Å². The molecule has 0 radical (unpaired) electrons. The number of hydrogen-bond acceptors (Lipinski definition) is 5. The van der Waals surface area contributed by atoms with E-state index in [1.807, 2.05) is 0 Å². The van der Waals surface area contributed by atoms with E-state index in [9.17, 15) is 53.5 Å². The molecule has 2 atom stereocenters. The zero-order valence-electron chi connectivity index (χ0n) is 25.5. The number of nitrogens with zero attached hydrogens (tertiary/aromatic N) is 1. The van der Waals surface area contributed by atoms with E-state index in [1.54, 1.807) is 0 Å². The molecule has 0 saturated carbocycles. The van der Waals surface area contributed by atoms with Gasteiger partial charge in [0.2, 0.25) is 0 Å². The minimum Gasteiger partial charge on any atom is -0.496 e. The van der Waals surface area contributed by atoms with Gasteiger partial charge in [0, 0.05) is 18.1 Å². The molecule has 0 bridgehead atoms. The molecule has 3 aromatic carbocycles. The van der Waals surface area contributed by atoms with E-state index >= 15 is 0 Å². The molecule has 266 valence electrons. The summed E-state index contributed by atoms with van der Waals surface area (Å²) in [7, 11) is 1.16. The SMILES string of the molecule is COc1cc(F)c(OCCCCC(=O)O)cc1-c1ccc(C(F)(F)F)cc1CN1C(=O)O[C@H](c2cc(C(F)(F)F)cc(C(F)(F)F)c2)[C@@H]1C. The van der Waals surface area contributed by atoms with Gasteiger partial charge < -0.3 is 19.3 Å². The number of alkyl halides is 9. The van der Waals surface area contributed by atoms with Gasteiger partial charge in [0.05, 0.1) is 43.0 Å². The number of benzene rings is 3. The van der Waals surface area contributed by atoms with Crippen LogP contribution in [0.25, 0.3) is 11.1 Å². The maximum absolute atomic E-state index is 14.9. The zero-order valence-corrected chi connectivity index (χ0v) is 25.5. The Balaban J connectivity index is 1.74. The first-order valence-corrected chi connectivity index (χ1v) is 14.4. The second kappa shape index (κ2) is 14.0. The molecule has 17 heteroatoms. The molecule has 4 rings (SSSR count). The number of carboxylic acids is 1. The summed E-state index contributed by atoms with van der Waals surface area (Å²) in [6, 6.07) is 3.88. The molecule has 0 aliphatic carbocycles. The number of ether oxygens (including phenoxy) is 3. The van der Waals surface area contributed by atoms with Crippen LogP contribution in [0.2, 0.25) is 0 Å². The summed E-state index contributed by atoms with van der Waals surface area (Å²) in [6.07, 6.45) is -17.9. The number of methoxy groups -OCH3 is 1. The third-order valence-corrected chi connectivity index (χ3v) is 7.69. The number of carbonyl (C=O) groups is 2. The summed E-state index contributed by atoms with van der Waals surface area (Å²) in [5.41, 5.74) is -5.31. The summed E-state index contributed by atoms with van der Waals surface area (Å²) >= 11 is 0. The molecule has 0 spiro atoms. The second-order valence-electron chi connectivity index (χ2n) is 11.1. The summed E-state index contributed by atoms with van der Waals surface area (Å²) in [5, 5.41) is 8.78. The van der Waals surface area contributed by atoms with E-state index in [2.05, 4.69) is 0 Å². The van der Waals surface area contributed by atoms with Crippen molar-refractivity contribution in [3.63, 3.8) is 0 Å². The zero-order chi connectivity index (χ0) is 36.5. The number of rotatable bonds is 11. The number of aliphatic carboxylic acids is 1. The number of cyclic esters (lactones) is 1. The van der Waals surface area contributed by atoms with Crippen LogP contribution in [0.3, 0.4) is 0 Å². The number of halogens is 10. The van der Waals surface area contributed by atoms with Crippen LogP contribution in [-0.2, 0) is 34.6 Å². The molecule has 49 heavy (non-hydrogen) atoms. The maximum atomic E-state index is 14.9. The van der Waals surface area contributed by atoms with Crippen molar-refractivity contribution in [1.29, 1.82) is 0 Å². The summed E-state index contributed by atoms with van der Waals surface area (Å²) in [6.45, 7) is 0.456. The molecule has 7 nitrogen and oxygen atoms in total. The van der Waals surface area contributed by atoms with Gasteiger partial charge in [-0.3, -0.25) is 9.69 Å². The monoisotopic (exact) mass is 711 g/mol. The standard InChI is InChI=1S/C32H27F10NO6/c1-16-28(17-9-20(31(37,38)39)12-21(10-17)32(40,41)42)49-29(46)43(16)15-18-11-19(30(34,35)36)6-7-22(18)23-13-26(24(33)14-25(23)47-2)48-8-4-3-5-27(44)45/h6-7,9-14,16,28H,3-5,8,15H2,1-2H3,(H,44,45)/t16-,28-/m0/s1. The fourth-order valence-corrected chi connectivity index (χ4v) is 5.24. The Morgan fingerprint density at radius 1 is 0.837 bits per heavy atom. The third kappa shape index (κ3) is 8.67. The molecule has 0 unspecified atom stereocenters. The van der Waals surface area contributed by atoms with Gasteiger partial charge in [-0.2, -0.15) is 39.5 Å². The topological polar surface area (TPSA) is 85.3 Å². The number of carbonyl (C=O) groups excluding carboxylic acids is 1. The van der Waals surface area contributed by atoms with Crippen LogP contribution in [0.5, 0.6) is 11.5 Å². The number of unbranched alkanes of at least 4 members (excludes halogenated alkanes) is 1. The van der Waals surface area contributed by atoms with E-state index in [1.165, 1.54) is 6.92 Å². The molecule has 1 saturated heterocycles. The lowest BCUT2D eigenvalue weighted by atomic mass is 9.94. The molecular weight excluding hydrogens is 684 g/mol. The fourth-order valence-electron chi connectivity index (χ4n) is 5.24. The first-order valence-electron chi connectivity index (χ1n) is 14.4. The minimum atomic E-state index is -5.19. The minimum absolute atomic E-state index is 0.0116. The van der Waals surface area contributed by atoms with Crippen LogP contribution in [0.4, 0.5) is 48.7 Å². The van der Waals surface area contributed by atoms with Gasteiger partial charge in [0.1, 0.15) is 11.9 Å². The highest BCUT2D eigenvalue weighted by molar-refractivity contribution is 5.77. The normalized spacial score (nSPS) is 16.9. The summed E-state index contributed by atoms with van der Waals surface area (Å²) < 4.78 is 153. The summed E-state index contributed by atoms with van der Waals surface area (Å²) in [5.74, 6) is -2.46. The Morgan fingerprint density at radius 2 is 1.45 bits per heavy atom. The lowest BCUT2D eigenvalue weighted by Crippen LogP contribution is -2.32. The van der Waals surface area contributed by atoms with Crippen molar-refractivity contribution in [2.75, 3.05) is 13.7 Å². The van der Waals surface area contributed by atoms with Gasteiger partial charge in [-0.05, 0) is 72.9 Å². The molecule has 1 aliphatic heterocycles. The van der Waals surface area contributed by atoms with Gasteiger partial charge >= 0.3 is 30.6 Å². The highest BCUT2D eigenvalue weighted by Crippen LogP contribution is 2.44. The predicted molar refractivity (Wildman–Crippen MR) is 151 cm³/mol. The van der Waals surface area contributed by atoms with Gasteiger partial charge in [0.15, 0.2) is 11.6 Å². The molecule has 1 fully saturated rings. The van der Waals surface area contributed by atoms with Crippen molar-refractivity contribution in [3.05, 3.63) is 82.2 Å². The number of carboxylic acid groups (broad SMARTS) is 1. The smallest absolute Gasteiger partial charge is 0.416 e. The Bertz CT molecular complexity index is 1670. The van der Waals surface area contributed by atoms with Crippen LogP contribution in [0, 0.1) is 5.82 Å². The third-order valence-electron chi connectivity index (χ3n) is 7.69. The van der Waals surface area contributed by atoms with Crippen LogP contribution < -0.4 is 9.47 Å². The second-order valence-corrected chi connectivity index (χ2v) is 11.1. The Kier molecular flexibility index (Phi) is 10.6. The average molecular weight is 712 g/mol. The molecule has 0 aromatic heterocycles. The van der Waals surface area contributed by atoms with Crippen molar-refractivity contribution < 1.29 is 72.8 Å². The molecule has 1 aliphatic rings. The Morgan fingerprint density at radius 3 is 2.00 bits per heavy atom. The van der Waals surface area contributed by atoms with E-state index in [-0.39, 0.29) is 60.1 Å². The van der Waals surface area contributed by atoms with E-state index < -0.39 is 77.4 Å². The van der Waals surface area contributed by atoms with Crippen molar-refractivity contribution in [1.82, 2.24) is 4.90 Å². The van der Waals surface area contributed by atoms with Gasteiger partial charge in [-0.25, -0.2) is 9.18 Å². The van der Waals surface area contributed by atoms with Gasteiger partial charge in [-0.1, -0.05) is 6.07 Å². The molecular formula is C32H27F10NO6. The first kappa shape index (κ1) is 37.1. The highest BCUT2D eigenvalue weighted by atomic mass is 19.4. The molecule has 1 N–H and O–H groups in total. The summed E-state index contributed by atoms with van der Waals surface area (Å²) in [4.78, 5) is 24.6. The lowest BCUT2D eigenvalue weighted by molar-refractivity contribution is -0.143. The molecule has 1 heterocycles. The Hall–Kier alpha value is -4.70. The van der Waals surface area contributed by atoms with Crippen LogP contribution in [-0.4, -0.2) is 41.8 Å². The molecule has 1 amide bonds. The highest BCUT2D eigenvalue weighted by Gasteiger charge is 2.44.